The lowest BCUT2D eigenvalue weighted by Crippen LogP contribution is -2.17. The van der Waals surface area contributed by atoms with E-state index < -0.39 is 11.7 Å². The van der Waals surface area contributed by atoms with Crippen LogP contribution in [0.15, 0.2) is 48.5 Å². The fraction of sp³-hybridized carbons (Fsp3) is 0.333. The van der Waals surface area contributed by atoms with Crippen molar-refractivity contribution >= 4 is 0 Å². The second-order valence-electron chi connectivity index (χ2n) is 5.83. The monoisotopic (exact) mass is 323 g/mol. The molecule has 0 spiro atoms. The fourth-order valence-corrected chi connectivity index (χ4v) is 2.58. The molecule has 5 heteroatoms. The molecule has 1 atom stereocenters. The van der Waals surface area contributed by atoms with E-state index in [0.29, 0.717) is 18.5 Å². The zero-order valence-electron chi connectivity index (χ0n) is 13.1. The summed E-state index contributed by atoms with van der Waals surface area (Å²) in [6.07, 6.45) is -3.81. The Morgan fingerprint density at radius 1 is 1.04 bits per heavy atom. The molecule has 0 aromatic heterocycles. The van der Waals surface area contributed by atoms with Crippen molar-refractivity contribution in [2.24, 2.45) is 0 Å². The topological polar surface area (TPSA) is 23.5 Å². The van der Waals surface area contributed by atoms with E-state index >= 15 is 0 Å². The second kappa shape index (κ2) is 7.04. The molecule has 23 heavy (non-hydrogen) atoms. The number of hydrogen-bond donors (Lipinski definition) is 1. The Bertz CT molecular complexity index is 638. The minimum Gasteiger partial charge on any atom is -0.508 e. The van der Waals surface area contributed by atoms with Crippen LogP contribution in [-0.4, -0.2) is 30.6 Å². The van der Waals surface area contributed by atoms with E-state index in [2.05, 4.69) is 0 Å². The smallest absolute Gasteiger partial charge is 0.416 e. The number of rotatable bonds is 5. The van der Waals surface area contributed by atoms with E-state index in [1.54, 1.807) is 0 Å². The number of hydrogen-bond acceptors (Lipinski definition) is 2. The van der Waals surface area contributed by atoms with Crippen molar-refractivity contribution in [2.45, 2.75) is 18.5 Å². The molecule has 0 amide bonds. The van der Waals surface area contributed by atoms with Gasteiger partial charge in [0.2, 0.25) is 0 Å². The van der Waals surface area contributed by atoms with Crippen LogP contribution >= 0.6 is 0 Å². The van der Waals surface area contributed by atoms with E-state index in [0.717, 1.165) is 23.8 Å². The van der Waals surface area contributed by atoms with Crippen LogP contribution in [0.25, 0.3) is 0 Å². The van der Waals surface area contributed by atoms with Crippen molar-refractivity contribution in [3.05, 3.63) is 65.2 Å². The molecule has 0 aliphatic rings. The lowest BCUT2D eigenvalue weighted by atomic mass is 9.87. The zero-order valence-corrected chi connectivity index (χ0v) is 13.1. The van der Waals surface area contributed by atoms with Gasteiger partial charge >= 0.3 is 6.18 Å². The number of phenolic OH excluding ortho intramolecular Hbond substituents is 1. The van der Waals surface area contributed by atoms with Crippen molar-refractivity contribution in [3.63, 3.8) is 0 Å². The van der Waals surface area contributed by atoms with Crippen LogP contribution in [-0.2, 0) is 6.18 Å². The SMILES string of the molecule is CN(C)CCC(c1ccccc1)c1cc(C(F)(F)F)ccc1O. The van der Waals surface area contributed by atoms with Crippen molar-refractivity contribution in [1.82, 2.24) is 4.90 Å². The quantitative estimate of drug-likeness (QED) is 0.876. The van der Waals surface area contributed by atoms with Gasteiger partial charge in [0.15, 0.2) is 0 Å². The molecule has 0 saturated carbocycles. The summed E-state index contributed by atoms with van der Waals surface area (Å²) in [5.74, 6) is -0.397. The average molecular weight is 323 g/mol. The Hall–Kier alpha value is -2.01. The lowest BCUT2D eigenvalue weighted by Gasteiger charge is -2.22. The van der Waals surface area contributed by atoms with Gasteiger partial charge in [0.25, 0.3) is 0 Å². The Morgan fingerprint density at radius 3 is 2.26 bits per heavy atom. The molecule has 0 bridgehead atoms. The van der Waals surface area contributed by atoms with Gasteiger partial charge in [0.05, 0.1) is 5.56 Å². The highest BCUT2D eigenvalue weighted by molar-refractivity contribution is 5.44. The van der Waals surface area contributed by atoms with E-state index in [-0.39, 0.29) is 11.7 Å². The minimum absolute atomic E-state index is 0.106. The Balaban J connectivity index is 2.46. The van der Waals surface area contributed by atoms with E-state index in [1.165, 1.54) is 0 Å². The van der Waals surface area contributed by atoms with E-state index in [1.807, 2.05) is 49.3 Å². The number of alkyl halides is 3. The molecule has 2 aromatic rings. The molecule has 124 valence electrons. The van der Waals surface area contributed by atoms with Crippen LogP contribution in [0.1, 0.15) is 29.0 Å². The Morgan fingerprint density at radius 2 is 1.70 bits per heavy atom. The van der Waals surface area contributed by atoms with Crippen LogP contribution < -0.4 is 0 Å². The van der Waals surface area contributed by atoms with Gasteiger partial charge in [-0.3, -0.25) is 0 Å². The molecule has 0 aliphatic carbocycles. The van der Waals surface area contributed by atoms with Crippen molar-refractivity contribution in [2.75, 3.05) is 20.6 Å². The van der Waals surface area contributed by atoms with E-state index in [9.17, 15) is 18.3 Å². The number of benzene rings is 2. The summed E-state index contributed by atoms with van der Waals surface area (Å²) in [6, 6.07) is 12.4. The highest BCUT2D eigenvalue weighted by atomic mass is 19.4. The summed E-state index contributed by atoms with van der Waals surface area (Å²) >= 11 is 0. The molecule has 1 unspecified atom stereocenters. The first-order chi connectivity index (χ1) is 10.8. The minimum atomic E-state index is -4.43. The van der Waals surface area contributed by atoms with Crippen LogP contribution in [0.3, 0.4) is 0 Å². The normalized spacial score (nSPS) is 13.3. The average Bonchev–Trinajstić information content (AvgIpc) is 2.48. The first kappa shape index (κ1) is 17.3. The third-order valence-electron chi connectivity index (χ3n) is 3.80. The predicted octanol–water partition coefficient (Wildman–Crippen LogP) is 4.49. The molecular weight excluding hydrogens is 303 g/mol. The standard InChI is InChI=1S/C18H20F3NO/c1-22(2)11-10-15(13-6-4-3-5-7-13)16-12-14(18(19,20)21)8-9-17(16)23/h3-9,12,15,23H,10-11H2,1-2H3. The maximum absolute atomic E-state index is 13.0. The highest BCUT2D eigenvalue weighted by Crippen LogP contribution is 2.38. The number of aromatic hydroxyl groups is 1. The van der Waals surface area contributed by atoms with Crippen molar-refractivity contribution < 1.29 is 18.3 Å². The first-order valence-corrected chi connectivity index (χ1v) is 7.39. The number of halogens is 3. The van der Waals surface area contributed by atoms with Crippen molar-refractivity contribution in [3.8, 4) is 5.75 Å². The summed E-state index contributed by atoms with van der Waals surface area (Å²) in [5.41, 5.74) is 0.466. The van der Waals surface area contributed by atoms with Gasteiger partial charge in [-0.05, 0) is 50.8 Å². The zero-order chi connectivity index (χ0) is 17.0. The molecule has 0 aliphatic heterocycles. The van der Waals surface area contributed by atoms with Crippen molar-refractivity contribution in [1.29, 1.82) is 0 Å². The number of phenols is 1. The third kappa shape index (κ3) is 4.48. The molecular formula is C18H20F3NO. The van der Waals surface area contributed by atoms with Gasteiger partial charge in [0, 0.05) is 11.5 Å². The maximum Gasteiger partial charge on any atom is 0.416 e. The van der Waals surface area contributed by atoms with Gasteiger partial charge < -0.3 is 10.0 Å². The van der Waals surface area contributed by atoms with Gasteiger partial charge in [-0.15, -0.1) is 0 Å². The first-order valence-electron chi connectivity index (χ1n) is 7.39. The Kier molecular flexibility index (Phi) is 5.31. The summed E-state index contributed by atoms with van der Waals surface area (Å²) in [7, 11) is 3.82. The predicted molar refractivity (Wildman–Crippen MR) is 84.6 cm³/mol. The van der Waals surface area contributed by atoms with Crippen LogP contribution in [0.5, 0.6) is 5.75 Å². The summed E-state index contributed by atoms with van der Waals surface area (Å²) in [5, 5.41) is 10.1. The van der Waals surface area contributed by atoms with Gasteiger partial charge in [-0.2, -0.15) is 13.2 Å². The molecule has 2 nitrogen and oxygen atoms in total. The van der Waals surface area contributed by atoms with Gasteiger partial charge in [-0.1, -0.05) is 30.3 Å². The summed E-state index contributed by atoms with van der Waals surface area (Å²) in [6.45, 7) is 0.704. The van der Waals surface area contributed by atoms with Gasteiger partial charge in [-0.25, -0.2) is 0 Å². The Labute approximate surface area is 134 Å². The molecule has 0 radical (unpaired) electrons. The summed E-state index contributed by atoms with van der Waals surface area (Å²) < 4.78 is 39.0. The van der Waals surface area contributed by atoms with Crippen LogP contribution in [0.2, 0.25) is 0 Å². The molecule has 2 aromatic carbocycles. The second-order valence-corrected chi connectivity index (χ2v) is 5.83. The molecule has 2 rings (SSSR count). The maximum atomic E-state index is 13.0. The molecule has 0 heterocycles. The third-order valence-corrected chi connectivity index (χ3v) is 3.80. The van der Waals surface area contributed by atoms with Crippen LogP contribution in [0.4, 0.5) is 13.2 Å². The number of nitrogens with zero attached hydrogens (tertiary/aromatic N) is 1. The lowest BCUT2D eigenvalue weighted by molar-refractivity contribution is -0.137. The fourth-order valence-electron chi connectivity index (χ4n) is 2.58. The summed E-state index contributed by atoms with van der Waals surface area (Å²) in [4.78, 5) is 1.97. The largest absolute Gasteiger partial charge is 0.508 e. The molecule has 0 saturated heterocycles. The highest BCUT2D eigenvalue weighted by Gasteiger charge is 2.32. The van der Waals surface area contributed by atoms with E-state index in [4.69, 9.17) is 0 Å². The van der Waals surface area contributed by atoms with Gasteiger partial charge in [0.1, 0.15) is 5.75 Å². The molecule has 1 N–H and O–H groups in total. The van der Waals surface area contributed by atoms with Crippen LogP contribution in [0, 0.1) is 0 Å². The molecule has 0 fully saturated rings.